The molecule has 1 aromatic rings. The highest BCUT2D eigenvalue weighted by Crippen LogP contribution is 2.19. The molecule has 2 rings (SSSR count). The molecule has 1 aromatic heterocycles. The fraction of sp³-hybridized carbons (Fsp3) is 0.600. The summed E-state index contributed by atoms with van der Waals surface area (Å²) in [5.41, 5.74) is 0. The Hall–Kier alpha value is -1.16. The smallest absolute Gasteiger partial charge is 0.155 e. The Bertz CT molecular complexity index is 280. The molecule has 0 spiro atoms. The van der Waals surface area contributed by atoms with E-state index in [0.29, 0.717) is 12.5 Å². The second-order valence-corrected chi connectivity index (χ2v) is 3.40. The van der Waals surface area contributed by atoms with Crippen LogP contribution in [0.2, 0.25) is 0 Å². The first-order valence-corrected chi connectivity index (χ1v) is 5.05. The van der Waals surface area contributed by atoms with Crippen LogP contribution >= 0.6 is 0 Å². The first-order chi connectivity index (χ1) is 6.90. The molecule has 1 saturated heterocycles. The van der Waals surface area contributed by atoms with Gasteiger partial charge in [0, 0.05) is 12.5 Å². The SMILES string of the molecule is CCOc1cnc(C2CCNC2)nc1. The molecule has 14 heavy (non-hydrogen) atoms. The van der Waals surface area contributed by atoms with Gasteiger partial charge in [-0.3, -0.25) is 0 Å². The average Bonchev–Trinajstić information content (AvgIpc) is 2.72. The third-order valence-electron chi connectivity index (χ3n) is 2.38. The first-order valence-electron chi connectivity index (χ1n) is 5.05. The molecule has 1 atom stereocenters. The highest BCUT2D eigenvalue weighted by molar-refractivity contribution is 5.14. The number of hydrogen-bond donors (Lipinski definition) is 1. The topological polar surface area (TPSA) is 47.0 Å². The second-order valence-electron chi connectivity index (χ2n) is 3.40. The number of ether oxygens (including phenoxy) is 1. The van der Waals surface area contributed by atoms with Crippen molar-refractivity contribution in [3.63, 3.8) is 0 Å². The standard InChI is InChI=1S/C10H15N3O/c1-2-14-9-6-12-10(13-7-9)8-3-4-11-5-8/h6-8,11H,2-5H2,1H3. The molecular weight excluding hydrogens is 178 g/mol. The largest absolute Gasteiger partial charge is 0.491 e. The van der Waals surface area contributed by atoms with E-state index in [1.165, 1.54) is 0 Å². The van der Waals surface area contributed by atoms with Crippen molar-refractivity contribution in [3.05, 3.63) is 18.2 Å². The van der Waals surface area contributed by atoms with Crippen molar-refractivity contribution in [2.24, 2.45) is 0 Å². The molecule has 0 radical (unpaired) electrons. The second kappa shape index (κ2) is 4.37. The predicted molar refractivity (Wildman–Crippen MR) is 53.4 cm³/mol. The highest BCUT2D eigenvalue weighted by atomic mass is 16.5. The molecule has 1 unspecified atom stereocenters. The van der Waals surface area contributed by atoms with Crippen molar-refractivity contribution in [2.75, 3.05) is 19.7 Å². The normalized spacial score (nSPS) is 21.1. The van der Waals surface area contributed by atoms with E-state index in [1.54, 1.807) is 12.4 Å². The van der Waals surface area contributed by atoms with Crippen LogP contribution in [0.15, 0.2) is 12.4 Å². The average molecular weight is 193 g/mol. The molecule has 0 aliphatic carbocycles. The Kier molecular flexibility index (Phi) is 2.93. The van der Waals surface area contributed by atoms with Crippen LogP contribution in [-0.2, 0) is 0 Å². The van der Waals surface area contributed by atoms with Gasteiger partial charge in [0.2, 0.25) is 0 Å². The van der Waals surface area contributed by atoms with Gasteiger partial charge in [-0.2, -0.15) is 0 Å². The molecule has 0 amide bonds. The molecule has 0 saturated carbocycles. The summed E-state index contributed by atoms with van der Waals surface area (Å²) in [5.74, 6) is 2.16. The summed E-state index contributed by atoms with van der Waals surface area (Å²) in [6.07, 6.45) is 4.64. The van der Waals surface area contributed by atoms with Gasteiger partial charge in [0.15, 0.2) is 5.75 Å². The third kappa shape index (κ3) is 2.01. The van der Waals surface area contributed by atoms with Crippen LogP contribution in [0, 0.1) is 0 Å². The van der Waals surface area contributed by atoms with E-state index >= 15 is 0 Å². The fourth-order valence-electron chi connectivity index (χ4n) is 1.65. The van der Waals surface area contributed by atoms with E-state index in [2.05, 4.69) is 15.3 Å². The summed E-state index contributed by atoms with van der Waals surface area (Å²) >= 11 is 0. The minimum atomic E-state index is 0.477. The van der Waals surface area contributed by atoms with Gasteiger partial charge in [0.25, 0.3) is 0 Å². The van der Waals surface area contributed by atoms with Gasteiger partial charge in [0.1, 0.15) is 5.82 Å². The first kappa shape index (κ1) is 9.40. The lowest BCUT2D eigenvalue weighted by molar-refractivity contribution is 0.336. The van der Waals surface area contributed by atoms with E-state index in [0.717, 1.165) is 31.1 Å². The molecular formula is C10H15N3O. The maximum atomic E-state index is 5.28. The van der Waals surface area contributed by atoms with Crippen molar-refractivity contribution in [1.82, 2.24) is 15.3 Å². The summed E-state index contributed by atoms with van der Waals surface area (Å²) in [4.78, 5) is 8.61. The van der Waals surface area contributed by atoms with Crippen LogP contribution in [-0.4, -0.2) is 29.7 Å². The zero-order chi connectivity index (χ0) is 9.80. The number of hydrogen-bond acceptors (Lipinski definition) is 4. The molecule has 1 aliphatic rings. The van der Waals surface area contributed by atoms with Gasteiger partial charge in [-0.25, -0.2) is 9.97 Å². The molecule has 4 heteroatoms. The number of nitrogens with zero attached hydrogens (tertiary/aromatic N) is 2. The van der Waals surface area contributed by atoms with Gasteiger partial charge < -0.3 is 10.1 Å². The Balaban J connectivity index is 2.05. The van der Waals surface area contributed by atoms with E-state index < -0.39 is 0 Å². The molecule has 0 bridgehead atoms. The molecule has 76 valence electrons. The molecule has 1 N–H and O–H groups in total. The zero-order valence-electron chi connectivity index (χ0n) is 8.36. The summed E-state index contributed by atoms with van der Waals surface area (Å²) in [7, 11) is 0. The summed E-state index contributed by atoms with van der Waals surface area (Å²) in [5, 5.41) is 3.30. The Morgan fingerprint density at radius 2 is 2.29 bits per heavy atom. The fourth-order valence-corrected chi connectivity index (χ4v) is 1.65. The molecule has 0 aromatic carbocycles. The molecule has 1 fully saturated rings. The van der Waals surface area contributed by atoms with Crippen LogP contribution in [0.5, 0.6) is 5.75 Å². The molecule has 1 aliphatic heterocycles. The van der Waals surface area contributed by atoms with E-state index in [-0.39, 0.29) is 0 Å². The number of rotatable bonds is 3. The minimum absolute atomic E-state index is 0.477. The summed E-state index contributed by atoms with van der Waals surface area (Å²) in [6, 6.07) is 0. The monoisotopic (exact) mass is 193 g/mol. The lowest BCUT2D eigenvalue weighted by Gasteiger charge is -2.07. The predicted octanol–water partition coefficient (Wildman–Crippen LogP) is 0.952. The molecule has 2 heterocycles. The highest BCUT2D eigenvalue weighted by Gasteiger charge is 2.18. The van der Waals surface area contributed by atoms with Crippen LogP contribution in [0.25, 0.3) is 0 Å². The zero-order valence-corrected chi connectivity index (χ0v) is 8.36. The molecule has 4 nitrogen and oxygen atoms in total. The Labute approximate surface area is 83.7 Å². The van der Waals surface area contributed by atoms with Crippen LogP contribution in [0.4, 0.5) is 0 Å². The van der Waals surface area contributed by atoms with Crippen molar-refractivity contribution in [2.45, 2.75) is 19.3 Å². The van der Waals surface area contributed by atoms with Gasteiger partial charge >= 0.3 is 0 Å². The number of aromatic nitrogens is 2. The van der Waals surface area contributed by atoms with Gasteiger partial charge in [0.05, 0.1) is 19.0 Å². The minimum Gasteiger partial charge on any atom is -0.491 e. The van der Waals surface area contributed by atoms with Crippen molar-refractivity contribution >= 4 is 0 Å². The van der Waals surface area contributed by atoms with Crippen LogP contribution in [0.1, 0.15) is 25.1 Å². The maximum Gasteiger partial charge on any atom is 0.155 e. The lowest BCUT2D eigenvalue weighted by atomic mass is 10.1. The summed E-state index contributed by atoms with van der Waals surface area (Å²) in [6.45, 7) is 4.68. The van der Waals surface area contributed by atoms with E-state index in [4.69, 9.17) is 4.74 Å². The quantitative estimate of drug-likeness (QED) is 0.776. The lowest BCUT2D eigenvalue weighted by Crippen LogP contribution is -2.10. The maximum absolute atomic E-state index is 5.28. The van der Waals surface area contributed by atoms with Gasteiger partial charge in [-0.05, 0) is 19.9 Å². The Morgan fingerprint density at radius 3 is 2.86 bits per heavy atom. The van der Waals surface area contributed by atoms with Crippen molar-refractivity contribution in [1.29, 1.82) is 0 Å². The van der Waals surface area contributed by atoms with Crippen molar-refractivity contribution < 1.29 is 4.74 Å². The van der Waals surface area contributed by atoms with Crippen molar-refractivity contribution in [3.8, 4) is 5.75 Å². The van der Waals surface area contributed by atoms with Crippen LogP contribution in [0.3, 0.4) is 0 Å². The number of nitrogens with one attached hydrogen (secondary N) is 1. The summed E-state index contributed by atoms with van der Waals surface area (Å²) < 4.78 is 5.28. The van der Waals surface area contributed by atoms with Crippen LogP contribution < -0.4 is 10.1 Å². The van der Waals surface area contributed by atoms with E-state index in [9.17, 15) is 0 Å². The van der Waals surface area contributed by atoms with E-state index in [1.807, 2.05) is 6.92 Å². The third-order valence-corrected chi connectivity index (χ3v) is 2.38. The van der Waals surface area contributed by atoms with Gasteiger partial charge in [-0.15, -0.1) is 0 Å². The van der Waals surface area contributed by atoms with Gasteiger partial charge in [-0.1, -0.05) is 0 Å². The Morgan fingerprint density at radius 1 is 1.50 bits per heavy atom.